The number of hydrogen-bond donors (Lipinski definition) is 2. The number of rotatable bonds is 6. The van der Waals surface area contributed by atoms with E-state index in [4.69, 9.17) is 4.52 Å². The molecular weight excluding hydrogens is 316 g/mol. The number of hydrogen-bond acceptors (Lipinski definition) is 6. The lowest BCUT2D eigenvalue weighted by molar-refractivity contribution is 0.0908. The van der Waals surface area contributed by atoms with Gasteiger partial charge < -0.3 is 14.9 Å². The Bertz CT molecular complexity index is 778. The molecule has 0 aliphatic heterocycles. The van der Waals surface area contributed by atoms with Gasteiger partial charge in [-0.1, -0.05) is 5.16 Å². The largest absolute Gasteiger partial charge is 0.394 e. The van der Waals surface area contributed by atoms with Crippen molar-refractivity contribution in [2.75, 3.05) is 6.61 Å². The van der Waals surface area contributed by atoms with Crippen LogP contribution in [0, 0.1) is 6.92 Å². The van der Waals surface area contributed by atoms with Gasteiger partial charge >= 0.3 is 0 Å². The molecule has 0 spiro atoms. The van der Waals surface area contributed by atoms with E-state index in [1.165, 1.54) is 11.3 Å². The topological polar surface area (TPSA) is 93.2 Å². The van der Waals surface area contributed by atoms with Crippen LogP contribution in [0.25, 0.3) is 0 Å². The number of nitrogens with one attached hydrogen (secondary N) is 1. The first-order valence-electron chi connectivity index (χ1n) is 7.06. The van der Waals surface area contributed by atoms with Crippen LogP contribution < -0.4 is 5.32 Å². The molecule has 3 heterocycles. The Balaban J connectivity index is 1.68. The van der Waals surface area contributed by atoms with Crippen molar-refractivity contribution in [3.63, 3.8) is 0 Å². The quantitative estimate of drug-likeness (QED) is 0.717. The zero-order valence-electron chi connectivity index (χ0n) is 12.5. The first kappa shape index (κ1) is 15.4. The predicted octanol–water partition coefficient (Wildman–Crippen LogP) is 1.75. The maximum absolute atomic E-state index is 12.3. The standard InChI is InChI=1S/C15H16N4O3S/c1-10-3-6-23-14(10)13(9-20)17-15(21)12-7-11(22-18-12)8-19-5-2-4-16-19/h2-7,13,20H,8-9H2,1H3,(H,17,21). The molecule has 0 aromatic carbocycles. The zero-order chi connectivity index (χ0) is 16.2. The summed E-state index contributed by atoms with van der Waals surface area (Å²) < 4.78 is 6.83. The second-order valence-corrected chi connectivity index (χ2v) is 6.01. The number of nitrogens with zero attached hydrogens (tertiary/aromatic N) is 3. The van der Waals surface area contributed by atoms with Crippen LogP contribution in [0.15, 0.2) is 40.5 Å². The third-order valence-electron chi connectivity index (χ3n) is 3.37. The summed E-state index contributed by atoms with van der Waals surface area (Å²) >= 11 is 1.50. The van der Waals surface area contributed by atoms with E-state index in [1.54, 1.807) is 29.2 Å². The summed E-state index contributed by atoms with van der Waals surface area (Å²) in [6, 6.07) is 4.88. The van der Waals surface area contributed by atoms with Crippen molar-refractivity contribution < 1.29 is 14.4 Å². The van der Waals surface area contributed by atoms with Gasteiger partial charge in [-0.2, -0.15) is 5.10 Å². The second-order valence-electron chi connectivity index (χ2n) is 5.06. The zero-order valence-corrected chi connectivity index (χ0v) is 13.3. The summed E-state index contributed by atoms with van der Waals surface area (Å²) in [6.07, 6.45) is 3.46. The average Bonchev–Trinajstić information content (AvgIpc) is 3.27. The van der Waals surface area contributed by atoms with Crippen LogP contribution in [-0.2, 0) is 6.54 Å². The van der Waals surface area contributed by atoms with E-state index in [2.05, 4.69) is 15.6 Å². The maximum atomic E-state index is 12.3. The highest BCUT2D eigenvalue weighted by Gasteiger charge is 2.20. The van der Waals surface area contributed by atoms with Gasteiger partial charge in [-0.15, -0.1) is 11.3 Å². The summed E-state index contributed by atoms with van der Waals surface area (Å²) in [5, 5.41) is 22.1. The molecule has 3 aromatic heterocycles. The summed E-state index contributed by atoms with van der Waals surface area (Å²) in [7, 11) is 0. The Morgan fingerprint density at radius 1 is 1.57 bits per heavy atom. The molecule has 2 N–H and O–H groups in total. The van der Waals surface area contributed by atoms with Crippen LogP contribution in [-0.4, -0.2) is 32.6 Å². The van der Waals surface area contributed by atoms with Gasteiger partial charge in [-0.25, -0.2) is 0 Å². The number of aryl methyl sites for hydroxylation is 1. The van der Waals surface area contributed by atoms with Crippen molar-refractivity contribution in [2.45, 2.75) is 19.5 Å². The van der Waals surface area contributed by atoms with Crippen LogP contribution in [0.1, 0.15) is 32.7 Å². The smallest absolute Gasteiger partial charge is 0.274 e. The molecule has 0 aliphatic carbocycles. The van der Waals surface area contributed by atoms with E-state index < -0.39 is 6.04 Å². The van der Waals surface area contributed by atoms with Gasteiger partial charge in [0.25, 0.3) is 5.91 Å². The molecule has 0 bridgehead atoms. The van der Waals surface area contributed by atoms with Crippen LogP contribution in [0.4, 0.5) is 0 Å². The predicted molar refractivity (Wildman–Crippen MR) is 84.2 cm³/mol. The van der Waals surface area contributed by atoms with Gasteiger partial charge in [-0.05, 0) is 30.0 Å². The van der Waals surface area contributed by atoms with Gasteiger partial charge in [0.05, 0.1) is 12.6 Å². The number of aliphatic hydroxyl groups excluding tert-OH is 1. The van der Waals surface area contributed by atoms with Crippen molar-refractivity contribution >= 4 is 17.2 Å². The minimum atomic E-state index is -0.450. The average molecular weight is 332 g/mol. The van der Waals surface area contributed by atoms with Gasteiger partial charge in [0.2, 0.25) is 0 Å². The molecule has 1 unspecified atom stereocenters. The van der Waals surface area contributed by atoms with Crippen molar-refractivity contribution in [2.24, 2.45) is 0 Å². The lowest BCUT2D eigenvalue weighted by Gasteiger charge is -2.14. The van der Waals surface area contributed by atoms with Gasteiger partial charge in [-0.3, -0.25) is 9.48 Å². The molecule has 0 radical (unpaired) electrons. The highest BCUT2D eigenvalue weighted by molar-refractivity contribution is 7.10. The van der Waals surface area contributed by atoms with Gasteiger partial charge in [0, 0.05) is 23.3 Å². The van der Waals surface area contributed by atoms with Crippen molar-refractivity contribution in [1.29, 1.82) is 0 Å². The monoisotopic (exact) mass is 332 g/mol. The fourth-order valence-electron chi connectivity index (χ4n) is 2.22. The third kappa shape index (κ3) is 3.49. The van der Waals surface area contributed by atoms with E-state index >= 15 is 0 Å². The third-order valence-corrected chi connectivity index (χ3v) is 4.51. The van der Waals surface area contributed by atoms with Crippen molar-refractivity contribution in [3.8, 4) is 0 Å². The first-order valence-corrected chi connectivity index (χ1v) is 7.94. The van der Waals surface area contributed by atoms with E-state index in [9.17, 15) is 9.90 Å². The van der Waals surface area contributed by atoms with Crippen LogP contribution >= 0.6 is 11.3 Å². The Labute approximate surface area is 136 Å². The normalized spacial score (nSPS) is 12.3. The number of thiophene rings is 1. The number of amides is 1. The minimum Gasteiger partial charge on any atom is -0.394 e. The Kier molecular flexibility index (Phi) is 4.54. The maximum Gasteiger partial charge on any atom is 0.274 e. The van der Waals surface area contributed by atoms with Gasteiger partial charge in [0.1, 0.15) is 6.54 Å². The first-order chi connectivity index (χ1) is 11.2. The van der Waals surface area contributed by atoms with Crippen molar-refractivity contribution in [1.82, 2.24) is 20.3 Å². The molecule has 3 rings (SSSR count). The molecule has 120 valence electrons. The number of carbonyl (C=O) groups excluding carboxylic acids is 1. The Hall–Kier alpha value is -2.45. The highest BCUT2D eigenvalue weighted by Crippen LogP contribution is 2.23. The molecule has 3 aromatic rings. The summed E-state index contributed by atoms with van der Waals surface area (Å²) in [5.74, 6) is 0.152. The number of aliphatic hydroxyl groups is 1. The Morgan fingerprint density at radius 2 is 2.43 bits per heavy atom. The number of carbonyl (C=O) groups is 1. The van der Waals surface area contributed by atoms with Gasteiger partial charge in [0.15, 0.2) is 11.5 Å². The fourth-order valence-corrected chi connectivity index (χ4v) is 3.19. The summed E-state index contributed by atoms with van der Waals surface area (Å²) in [5.41, 5.74) is 1.22. The van der Waals surface area contributed by atoms with Crippen molar-refractivity contribution in [3.05, 3.63) is 57.9 Å². The van der Waals surface area contributed by atoms with E-state index in [0.717, 1.165) is 10.4 Å². The lowest BCUT2D eigenvalue weighted by Crippen LogP contribution is -2.30. The molecule has 1 atom stereocenters. The van der Waals surface area contributed by atoms with Crippen LogP contribution in [0.5, 0.6) is 0 Å². The van der Waals surface area contributed by atoms with Crippen LogP contribution in [0.2, 0.25) is 0 Å². The molecule has 0 saturated heterocycles. The lowest BCUT2D eigenvalue weighted by atomic mass is 10.1. The molecule has 7 nitrogen and oxygen atoms in total. The number of aromatic nitrogens is 3. The summed E-state index contributed by atoms with van der Waals surface area (Å²) in [6.45, 7) is 2.17. The molecule has 23 heavy (non-hydrogen) atoms. The molecule has 1 amide bonds. The van der Waals surface area contributed by atoms with Crippen LogP contribution in [0.3, 0.4) is 0 Å². The second kappa shape index (κ2) is 6.76. The molecular formula is C15H16N4O3S. The fraction of sp³-hybridized carbons (Fsp3) is 0.267. The SMILES string of the molecule is Cc1ccsc1C(CO)NC(=O)c1cc(Cn2cccn2)on1. The molecule has 0 aliphatic rings. The summed E-state index contributed by atoms with van der Waals surface area (Å²) in [4.78, 5) is 13.2. The molecule has 0 fully saturated rings. The highest BCUT2D eigenvalue weighted by atomic mass is 32.1. The molecule has 8 heteroatoms. The Morgan fingerprint density at radius 3 is 3.09 bits per heavy atom. The van der Waals surface area contributed by atoms with E-state index in [0.29, 0.717) is 12.3 Å². The van der Waals surface area contributed by atoms with E-state index in [-0.39, 0.29) is 18.2 Å². The molecule has 0 saturated carbocycles. The van der Waals surface area contributed by atoms with E-state index in [1.807, 2.05) is 18.4 Å². The minimum absolute atomic E-state index is 0.176.